The van der Waals surface area contributed by atoms with Gasteiger partial charge in [-0.05, 0) is 105 Å². The van der Waals surface area contributed by atoms with Crippen LogP contribution in [0.25, 0.3) is 39.3 Å². The molecule has 0 atom stereocenters. The summed E-state index contributed by atoms with van der Waals surface area (Å²) in [7, 11) is 4.03. The van der Waals surface area contributed by atoms with Crippen molar-refractivity contribution in [1.82, 2.24) is 35.4 Å². The molecule has 5 aromatic rings. The number of pyridine rings is 2. The average Bonchev–Trinajstić information content (AvgIpc) is 3.84. The van der Waals surface area contributed by atoms with Gasteiger partial charge in [-0.1, -0.05) is 45.4 Å². The van der Waals surface area contributed by atoms with Crippen LogP contribution >= 0.6 is 0 Å². The van der Waals surface area contributed by atoms with Gasteiger partial charge in [0.25, 0.3) is 0 Å². The number of halogens is 1. The van der Waals surface area contributed by atoms with Crippen molar-refractivity contribution in [1.29, 1.82) is 0 Å². The zero-order valence-corrected chi connectivity index (χ0v) is 29.0. The predicted octanol–water partition coefficient (Wildman–Crippen LogP) is 8.36. The summed E-state index contributed by atoms with van der Waals surface area (Å²) < 4.78 is 14.8. The van der Waals surface area contributed by atoms with E-state index in [1.807, 2.05) is 71.5 Å². The number of fused-ring (bicyclic) bond motifs is 1. The van der Waals surface area contributed by atoms with E-state index in [0.717, 1.165) is 92.9 Å². The van der Waals surface area contributed by atoms with Gasteiger partial charge in [0.15, 0.2) is 0 Å². The topological polar surface area (TPSA) is 97.6 Å². The molecule has 4 heterocycles. The number of nitrogens with one attached hydrogen (secondary N) is 4. The van der Waals surface area contributed by atoms with Gasteiger partial charge in [-0.3, -0.25) is 10.1 Å². The van der Waals surface area contributed by atoms with Gasteiger partial charge in [0.1, 0.15) is 17.0 Å². The van der Waals surface area contributed by atoms with Crippen LogP contribution in [-0.2, 0) is 6.54 Å². The van der Waals surface area contributed by atoms with Crippen molar-refractivity contribution >= 4 is 22.3 Å². The first-order chi connectivity index (χ1) is 23.4. The standard InChI is InChI=1S/C37H43FN8.C2H6/c1-5-8-31(27-16-29(38)18-30(17-27)41-13-14-46(3)4)32-19-35(42-24(32)2)37-36-34(44-45-37)12-11-33(43-36)28-15-26(22-40-23-28)21-39-20-25-9-6-7-10-25;1-2/h5,8,11-12,15-19,22-23,25,39,41-42H,1,6-7,9-10,13-14,20-21H2,2-4H3,(H,44,45);1-2H3/b31-8-;. The Morgan fingerprint density at radius 3 is 2.67 bits per heavy atom. The van der Waals surface area contributed by atoms with Crippen LogP contribution in [0.3, 0.4) is 0 Å². The van der Waals surface area contributed by atoms with Crippen LogP contribution in [0.4, 0.5) is 10.1 Å². The van der Waals surface area contributed by atoms with E-state index in [4.69, 9.17) is 4.98 Å². The molecule has 0 unspecified atom stereocenters. The maximum absolute atomic E-state index is 14.8. The summed E-state index contributed by atoms with van der Waals surface area (Å²) in [5.41, 5.74) is 10.3. The molecule has 0 bridgehead atoms. The Kier molecular flexibility index (Phi) is 11.9. The molecule has 1 aromatic carbocycles. The zero-order chi connectivity index (χ0) is 34.0. The van der Waals surface area contributed by atoms with E-state index in [2.05, 4.69) is 54.4 Å². The number of benzene rings is 1. The second-order valence-corrected chi connectivity index (χ2v) is 12.5. The normalized spacial score (nSPS) is 13.6. The molecule has 1 fully saturated rings. The summed E-state index contributed by atoms with van der Waals surface area (Å²) in [5.74, 6) is 0.494. The van der Waals surface area contributed by atoms with Crippen LogP contribution in [-0.4, -0.2) is 63.8 Å². The third-order valence-electron chi connectivity index (χ3n) is 8.68. The van der Waals surface area contributed by atoms with Crippen molar-refractivity contribution < 1.29 is 4.39 Å². The number of H-pyrrole nitrogens is 2. The van der Waals surface area contributed by atoms with E-state index in [0.29, 0.717) is 6.54 Å². The predicted molar refractivity (Wildman–Crippen MR) is 197 cm³/mol. The molecule has 6 rings (SSSR count). The molecular weight excluding hydrogens is 599 g/mol. The number of anilines is 1. The molecule has 1 aliphatic carbocycles. The van der Waals surface area contributed by atoms with Crippen molar-refractivity contribution in [2.75, 3.05) is 39.0 Å². The number of nitrogens with zero attached hydrogens (tertiary/aromatic N) is 4. The maximum atomic E-state index is 14.8. The SMILES string of the molecule is C=C/C=C(/c1cc(F)cc(NCCN(C)C)c1)c1cc(-c2n[nH]c3ccc(-c4cncc(CNCC5CCCC5)c4)nc23)[nH]c1C.CC. The molecule has 0 radical (unpaired) electrons. The van der Waals surface area contributed by atoms with E-state index in [1.54, 1.807) is 12.1 Å². The number of hydrogen-bond acceptors (Lipinski definition) is 6. The first-order valence-corrected chi connectivity index (χ1v) is 17.1. The monoisotopic (exact) mass is 648 g/mol. The van der Waals surface area contributed by atoms with E-state index in [-0.39, 0.29) is 5.82 Å². The number of aromatic amines is 2. The lowest BCUT2D eigenvalue weighted by atomic mass is 9.96. The van der Waals surface area contributed by atoms with Gasteiger partial charge in [0, 0.05) is 54.5 Å². The van der Waals surface area contributed by atoms with Gasteiger partial charge in [-0.25, -0.2) is 9.37 Å². The van der Waals surface area contributed by atoms with Gasteiger partial charge in [-0.15, -0.1) is 0 Å². The minimum atomic E-state index is -0.300. The number of aromatic nitrogens is 5. The fourth-order valence-corrected chi connectivity index (χ4v) is 6.30. The highest BCUT2D eigenvalue weighted by Gasteiger charge is 2.19. The van der Waals surface area contributed by atoms with Crippen molar-refractivity contribution in [3.8, 4) is 22.6 Å². The summed E-state index contributed by atoms with van der Waals surface area (Å²) in [6, 6.07) is 13.3. The Hall–Kier alpha value is -4.60. The number of allylic oxidation sites excluding steroid dienone is 2. The molecular formula is C39H49FN8. The first-order valence-electron chi connectivity index (χ1n) is 17.1. The Bertz CT molecular complexity index is 1840. The molecule has 4 N–H and O–H groups in total. The molecule has 9 heteroatoms. The number of likely N-dealkylation sites (N-methyl/N-ethyl adjacent to an activating group) is 1. The van der Waals surface area contributed by atoms with Gasteiger partial charge in [0.05, 0.1) is 16.9 Å². The Balaban J connectivity index is 0.00000221. The Labute approximate surface area is 284 Å². The second-order valence-electron chi connectivity index (χ2n) is 12.5. The molecule has 0 amide bonds. The highest BCUT2D eigenvalue weighted by atomic mass is 19.1. The summed E-state index contributed by atoms with van der Waals surface area (Å²) in [4.78, 5) is 15.2. The van der Waals surface area contributed by atoms with Gasteiger partial charge < -0.3 is 20.5 Å². The summed E-state index contributed by atoms with van der Waals surface area (Å²) in [5, 5.41) is 14.7. The van der Waals surface area contributed by atoms with E-state index in [9.17, 15) is 4.39 Å². The van der Waals surface area contributed by atoms with Crippen LogP contribution in [0.2, 0.25) is 0 Å². The lowest BCUT2D eigenvalue weighted by Gasteiger charge is -2.14. The van der Waals surface area contributed by atoms with E-state index in [1.165, 1.54) is 31.7 Å². The van der Waals surface area contributed by atoms with Crippen LogP contribution in [0.5, 0.6) is 0 Å². The average molecular weight is 649 g/mol. The fourth-order valence-electron chi connectivity index (χ4n) is 6.30. The molecule has 48 heavy (non-hydrogen) atoms. The third-order valence-corrected chi connectivity index (χ3v) is 8.68. The van der Waals surface area contributed by atoms with Crippen LogP contribution in [0.1, 0.15) is 61.9 Å². The second kappa shape index (κ2) is 16.5. The molecule has 1 saturated carbocycles. The third kappa shape index (κ3) is 8.45. The summed E-state index contributed by atoms with van der Waals surface area (Å²) >= 11 is 0. The lowest BCUT2D eigenvalue weighted by molar-refractivity contribution is 0.425. The van der Waals surface area contributed by atoms with Crippen molar-refractivity contribution in [3.05, 3.63) is 102 Å². The fraction of sp³-hybridized carbons (Fsp3) is 0.359. The Morgan fingerprint density at radius 2 is 1.90 bits per heavy atom. The van der Waals surface area contributed by atoms with Gasteiger partial charge in [0.2, 0.25) is 0 Å². The molecule has 1 aliphatic rings. The molecule has 8 nitrogen and oxygen atoms in total. The van der Waals surface area contributed by atoms with E-state index < -0.39 is 0 Å². The molecule has 4 aromatic heterocycles. The highest BCUT2D eigenvalue weighted by molar-refractivity contribution is 5.92. The zero-order valence-electron chi connectivity index (χ0n) is 29.0. The summed E-state index contributed by atoms with van der Waals surface area (Å²) in [6.07, 6.45) is 12.8. The lowest BCUT2D eigenvalue weighted by Crippen LogP contribution is -2.20. The maximum Gasteiger partial charge on any atom is 0.135 e. The van der Waals surface area contributed by atoms with Crippen molar-refractivity contribution in [2.24, 2.45) is 5.92 Å². The first kappa shape index (κ1) is 34.7. The largest absolute Gasteiger partial charge is 0.384 e. The smallest absolute Gasteiger partial charge is 0.135 e. The number of hydrogen-bond donors (Lipinski definition) is 4. The van der Waals surface area contributed by atoms with Gasteiger partial charge in [-0.2, -0.15) is 5.10 Å². The van der Waals surface area contributed by atoms with E-state index >= 15 is 0 Å². The summed E-state index contributed by atoms with van der Waals surface area (Å²) in [6.45, 7) is 13.3. The van der Waals surface area contributed by atoms with Crippen molar-refractivity contribution in [2.45, 2.75) is 53.0 Å². The van der Waals surface area contributed by atoms with Gasteiger partial charge >= 0.3 is 0 Å². The highest BCUT2D eigenvalue weighted by Crippen LogP contribution is 2.34. The molecule has 0 aliphatic heterocycles. The number of rotatable bonds is 13. The molecule has 252 valence electrons. The minimum absolute atomic E-state index is 0.300. The Morgan fingerprint density at radius 1 is 1.08 bits per heavy atom. The quantitative estimate of drug-likeness (QED) is 0.0959. The molecule has 0 saturated heterocycles. The van der Waals surface area contributed by atoms with Crippen molar-refractivity contribution in [3.63, 3.8) is 0 Å². The number of aryl methyl sites for hydroxylation is 1. The van der Waals surface area contributed by atoms with Crippen LogP contribution < -0.4 is 10.6 Å². The van der Waals surface area contributed by atoms with Crippen LogP contribution in [0.15, 0.2) is 73.6 Å². The molecule has 0 spiro atoms. The minimum Gasteiger partial charge on any atom is -0.384 e. The van der Waals surface area contributed by atoms with Crippen LogP contribution in [0, 0.1) is 18.7 Å².